The summed E-state index contributed by atoms with van der Waals surface area (Å²) in [5.74, 6) is -0.875. The molecule has 1 N–H and O–H groups in total. The van der Waals surface area contributed by atoms with Gasteiger partial charge in [-0.15, -0.1) is 0 Å². The summed E-state index contributed by atoms with van der Waals surface area (Å²) >= 11 is 0. The van der Waals surface area contributed by atoms with E-state index in [4.69, 9.17) is 4.74 Å². The fourth-order valence-electron chi connectivity index (χ4n) is 3.96. The first-order chi connectivity index (χ1) is 15.5. The number of hydrogen-bond donors (Lipinski definition) is 1. The monoisotopic (exact) mass is 427 g/mol. The fraction of sp³-hybridized carbons (Fsp3) is 0.185. The Kier molecular flexibility index (Phi) is 6.08. The van der Waals surface area contributed by atoms with Gasteiger partial charge in [-0.2, -0.15) is 0 Å². The van der Waals surface area contributed by atoms with Gasteiger partial charge in [-0.1, -0.05) is 49.4 Å². The number of anilines is 1. The van der Waals surface area contributed by atoms with E-state index in [0.29, 0.717) is 23.6 Å². The Hall–Kier alpha value is -3.86. The lowest BCUT2D eigenvalue weighted by Crippen LogP contribution is -2.29. The molecule has 5 nitrogen and oxygen atoms in total. The van der Waals surface area contributed by atoms with E-state index in [9.17, 15) is 14.7 Å². The first kappa shape index (κ1) is 21.4. The highest BCUT2D eigenvalue weighted by molar-refractivity contribution is 6.51. The standard InChI is InChI=1S/C27H25NO4/c1-3-17-32-21-15-13-19(14-16-21)25(29)23-24(22-12-8-7-9-18(22)2)28(27(31)26(23)30)20-10-5-4-6-11-20/h4-16,24,29H,3,17H2,1-2H3/b25-23-. The minimum Gasteiger partial charge on any atom is -0.507 e. The summed E-state index contributed by atoms with van der Waals surface area (Å²) in [6.07, 6.45) is 0.890. The molecule has 0 saturated carbocycles. The number of aliphatic hydroxyl groups excluding tert-OH is 1. The van der Waals surface area contributed by atoms with E-state index in [1.807, 2.05) is 56.3 Å². The molecule has 0 bridgehead atoms. The molecule has 4 rings (SSSR count). The van der Waals surface area contributed by atoms with Crippen molar-refractivity contribution in [1.29, 1.82) is 0 Å². The molecule has 1 atom stereocenters. The van der Waals surface area contributed by atoms with Gasteiger partial charge in [0, 0.05) is 11.3 Å². The van der Waals surface area contributed by atoms with Gasteiger partial charge >= 0.3 is 0 Å². The van der Waals surface area contributed by atoms with Crippen LogP contribution in [-0.2, 0) is 9.59 Å². The van der Waals surface area contributed by atoms with Gasteiger partial charge in [0.05, 0.1) is 18.2 Å². The summed E-state index contributed by atoms with van der Waals surface area (Å²) in [6.45, 7) is 4.55. The zero-order valence-corrected chi connectivity index (χ0v) is 18.1. The normalized spacial score (nSPS) is 17.6. The molecular formula is C27H25NO4. The number of aliphatic hydroxyl groups is 1. The van der Waals surface area contributed by atoms with Gasteiger partial charge < -0.3 is 9.84 Å². The second kappa shape index (κ2) is 9.10. The topological polar surface area (TPSA) is 66.8 Å². The van der Waals surface area contributed by atoms with Crippen molar-refractivity contribution >= 4 is 23.1 Å². The SMILES string of the molecule is CCCOc1ccc(/C(O)=C2/C(=O)C(=O)N(c3ccccc3)C2c2ccccc2C)cc1. The number of carbonyl (C=O) groups excluding carboxylic acids is 2. The van der Waals surface area contributed by atoms with Crippen LogP contribution in [0, 0.1) is 6.92 Å². The van der Waals surface area contributed by atoms with Gasteiger partial charge in [0.1, 0.15) is 11.5 Å². The summed E-state index contributed by atoms with van der Waals surface area (Å²) in [6, 6.07) is 22.8. The number of nitrogens with zero attached hydrogens (tertiary/aromatic N) is 1. The number of ketones is 1. The van der Waals surface area contributed by atoms with Crippen LogP contribution in [0.15, 0.2) is 84.4 Å². The maximum Gasteiger partial charge on any atom is 0.300 e. The van der Waals surface area contributed by atoms with Gasteiger partial charge in [-0.05, 0) is 60.9 Å². The summed E-state index contributed by atoms with van der Waals surface area (Å²) in [7, 11) is 0. The number of rotatable bonds is 6. The predicted molar refractivity (Wildman–Crippen MR) is 125 cm³/mol. The van der Waals surface area contributed by atoms with Gasteiger partial charge in [-0.3, -0.25) is 14.5 Å². The average Bonchev–Trinajstić information content (AvgIpc) is 3.08. The van der Waals surface area contributed by atoms with Crippen molar-refractivity contribution in [3.63, 3.8) is 0 Å². The van der Waals surface area contributed by atoms with E-state index in [1.54, 1.807) is 36.4 Å². The maximum atomic E-state index is 13.2. The van der Waals surface area contributed by atoms with E-state index in [-0.39, 0.29) is 11.3 Å². The highest BCUT2D eigenvalue weighted by atomic mass is 16.5. The zero-order chi connectivity index (χ0) is 22.7. The molecule has 32 heavy (non-hydrogen) atoms. The number of hydrogen-bond acceptors (Lipinski definition) is 4. The molecule has 0 radical (unpaired) electrons. The van der Waals surface area contributed by atoms with Crippen molar-refractivity contribution in [1.82, 2.24) is 0 Å². The van der Waals surface area contributed by atoms with Gasteiger partial charge in [-0.25, -0.2) is 0 Å². The summed E-state index contributed by atoms with van der Waals surface area (Å²) in [5, 5.41) is 11.2. The molecule has 0 aliphatic carbocycles. The molecule has 1 saturated heterocycles. The Morgan fingerprint density at radius 1 is 0.938 bits per heavy atom. The Morgan fingerprint density at radius 2 is 1.59 bits per heavy atom. The number of para-hydroxylation sites is 1. The van der Waals surface area contributed by atoms with Crippen LogP contribution in [0.3, 0.4) is 0 Å². The van der Waals surface area contributed by atoms with Crippen LogP contribution in [0.2, 0.25) is 0 Å². The van der Waals surface area contributed by atoms with Crippen LogP contribution in [0.5, 0.6) is 5.75 Å². The smallest absolute Gasteiger partial charge is 0.300 e. The quantitative estimate of drug-likeness (QED) is 0.324. The van der Waals surface area contributed by atoms with Crippen LogP contribution in [0.1, 0.15) is 36.1 Å². The Bertz CT molecular complexity index is 1170. The van der Waals surface area contributed by atoms with Crippen molar-refractivity contribution in [3.05, 3.63) is 101 Å². The zero-order valence-electron chi connectivity index (χ0n) is 18.1. The third-order valence-corrected chi connectivity index (χ3v) is 5.56. The molecule has 3 aromatic carbocycles. The second-order valence-corrected chi connectivity index (χ2v) is 7.73. The van der Waals surface area contributed by atoms with E-state index in [1.165, 1.54) is 4.90 Å². The molecular weight excluding hydrogens is 402 g/mol. The number of amides is 1. The number of carbonyl (C=O) groups is 2. The highest BCUT2D eigenvalue weighted by Gasteiger charge is 2.47. The van der Waals surface area contributed by atoms with Gasteiger partial charge in [0.15, 0.2) is 0 Å². The molecule has 5 heteroatoms. The third kappa shape index (κ3) is 3.89. The number of benzene rings is 3. The first-order valence-electron chi connectivity index (χ1n) is 10.7. The highest BCUT2D eigenvalue weighted by Crippen LogP contribution is 2.43. The molecule has 3 aromatic rings. The molecule has 1 amide bonds. The molecule has 1 aliphatic heterocycles. The minimum atomic E-state index is -0.727. The fourth-order valence-corrected chi connectivity index (χ4v) is 3.96. The van der Waals surface area contributed by atoms with Crippen molar-refractivity contribution < 1.29 is 19.4 Å². The van der Waals surface area contributed by atoms with Crippen molar-refractivity contribution in [2.45, 2.75) is 26.3 Å². The number of Topliss-reactive ketones (excluding diaryl/α,β-unsaturated/α-hetero) is 1. The number of ether oxygens (including phenoxy) is 1. The molecule has 1 unspecified atom stereocenters. The van der Waals surface area contributed by atoms with E-state index < -0.39 is 17.7 Å². The van der Waals surface area contributed by atoms with Crippen LogP contribution in [0.4, 0.5) is 5.69 Å². The van der Waals surface area contributed by atoms with E-state index in [2.05, 4.69) is 0 Å². The van der Waals surface area contributed by atoms with Crippen LogP contribution >= 0.6 is 0 Å². The molecule has 1 fully saturated rings. The van der Waals surface area contributed by atoms with Crippen molar-refractivity contribution in [3.8, 4) is 5.75 Å². The largest absolute Gasteiger partial charge is 0.507 e. The van der Waals surface area contributed by atoms with Gasteiger partial charge in [0.25, 0.3) is 11.7 Å². The Morgan fingerprint density at radius 3 is 2.25 bits per heavy atom. The third-order valence-electron chi connectivity index (χ3n) is 5.56. The Balaban J connectivity index is 1.86. The molecule has 1 aliphatic rings. The molecule has 0 spiro atoms. The van der Waals surface area contributed by atoms with Gasteiger partial charge in [0.2, 0.25) is 0 Å². The van der Waals surface area contributed by atoms with Crippen LogP contribution in [0.25, 0.3) is 5.76 Å². The van der Waals surface area contributed by atoms with Crippen molar-refractivity contribution in [2.75, 3.05) is 11.5 Å². The number of aryl methyl sites for hydroxylation is 1. The lowest BCUT2D eigenvalue weighted by atomic mass is 9.92. The van der Waals surface area contributed by atoms with E-state index in [0.717, 1.165) is 17.5 Å². The second-order valence-electron chi connectivity index (χ2n) is 7.73. The minimum absolute atomic E-state index is 0.0791. The van der Waals surface area contributed by atoms with Crippen LogP contribution < -0.4 is 9.64 Å². The first-order valence-corrected chi connectivity index (χ1v) is 10.7. The summed E-state index contributed by atoms with van der Waals surface area (Å²) in [4.78, 5) is 27.8. The maximum absolute atomic E-state index is 13.2. The predicted octanol–water partition coefficient (Wildman–Crippen LogP) is 5.41. The molecule has 0 aromatic heterocycles. The van der Waals surface area contributed by atoms with E-state index >= 15 is 0 Å². The molecule has 162 valence electrons. The lowest BCUT2D eigenvalue weighted by Gasteiger charge is -2.26. The molecule has 1 heterocycles. The summed E-state index contributed by atoms with van der Waals surface area (Å²) in [5.41, 5.74) is 2.86. The van der Waals surface area contributed by atoms with Crippen LogP contribution in [-0.4, -0.2) is 23.4 Å². The average molecular weight is 428 g/mol. The Labute approximate surface area is 187 Å². The van der Waals surface area contributed by atoms with Crippen molar-refractivity contribution in [2.24, 2.45) is 0 Å². The summed E-state index contributed by atoms with van der Waals surface area (Å²) < 4.78 is 5.61. The lowest BCUT2D eigenvalue weighted by molar-refractivity contribution is -0.132.